The predicted octanol–water partition coefficient (Wildman–Crippen LogP) is 3.19. The summed E-state index contributed by atoms with van der Waals surface area (Å²) in [7, 11) is 0. The lowest BCUT2D eigenvalue weighted by Crippen LogP contribution is -1.77. The Bertz CT molecular complexity index is 172. The van der Waals surface area contributed by atoms with Crippen molar-refractivity contribution in [2.45, 2.75) is 27.7 Å². The monoisotopic (exact) mass is 136 g/mol. The van der Waals surface area contributed by atoms with Crippen LogP contribution >= 0.6 is 0 Å². The molecule has 0 aromatic heterocycles. The van der Waals surface area contributed by atoms with Gasteiger partial charge in [-0.05, 0) is 18.9 Å². The van der Waals surface area contributed by atoms with E-state index in [0.29, 0.717) is 0 Å². The predicted molar refractivity (Wildman–Crippen MR) is 47.3 cm³/mol. The highest BCUT2D eigenvalue weighted by Gasteiger charge is 1.84. The average Bonchev–Trinajstić information content (AvgIpc) is 1.90. The minimum absolute atomic E-state index is 0. The van der Waals surface area contributed by atoms with Crippen LogP contribution < -0.4 is 0 Å². The molecule has 0 bridgehead atoms. The van der Waals surface area contributed by atoms with Crippen LogP contribution in [0.25, 0.3) is 0 Å². The van der Waals surface area contributed by atoms with Gasteiger partial charge in [-0.3, -0.25) is 0 Å². The van der Waals surface area contributed by atoms with Gasteiger partial charge in [0.15, 0.2) is 0 Å². The smallest absolute Gasteiger partial charge is 0.0307 e. The van der Waals surface area contributed by atoms with E-state index in [1.807, 2.05) is 0 Å². The molecule has 0 spiro atoms. The highest BCUT2D eigenvalue weighted by atomic mass is 13.9. The van der Waals surface area contributed by atoms with Gasteiger partial charge in [0.25, 0.3) is 0 Å². The van der Waals surface area contributed by atoms with E-state index in [4.69, 9.17) is 0 Å². The van der Waals surface area contributed by atoms with Crippen molar-refractivity contribution >= 4 is 0 Å². The summed E-state index contributed by atoms with van der Waals surface area (Å²) in [5, 5.41) is 0. The molecule has 0 amide bonds. The molecule has 1 rings (SSSR count). The van der Waals surface area contributed by atoms with E-state index < -0.39 is 0 Å². The van der Waals surface area contributed by atoms with Gasteiger partial charge in [-0.25, -0.2) is 0 Å². The molecule has 0 fully saturated rings. The third kappa shape index (κ3) is 2.22. The van der Waals surface area contributed by atoms with Gasteiger partial charge < -0.3 is 0 Å². The van der Waals surface area contributed by atoms with Crippen LogP contribution in [0.2, 0.25) is 0 Å². The van der Waals surface area contributed by atoms with Gasteiger partial charge in [-0.1, -0.05) is 44.2 Å². The first-order valence-electron chi connectivity index (χ1n) is 3.38. The molecule has 0 aliphatic heterocycles. The van der Waals surface area contributed by atoms with Crippen molar-refractivity contribution in [3.63, 3.8) is 0 Å². The Balaban J connectivity index is 0.000000810. The molecule has 0 saturated heterocycles. The fraction of sp³-hybridized carbons (Fsp3) is 0.400. The fourth-order valence-corrected chi connectivity index (χ4v) is 0.824. The van der Waals surface area contributed by atoms with E-state index >= 15 is 0 Å². The number of benzene rings is 1. The Morgan fingerprint density at radius 3 is 2.00 bits per heavy atom. The maximum atomic E-state index is 2.18. The lowest BCUT2D eigenvalue weighted by atomic mass is 10.1. The zero-order valence-corrected chi connectivity index (χ0v) is 6.02. The molecule has 1 aromatic carbocycles. The summed E-state index contributed by atoms with van der Waals surface area (Å²) >= 11 is 0. The number of hydrogen-bond donors (Lipinski definition) is 0. The van der Waals surface area contributed by atoms with Crippen LogP contribution in [0.15, 0.2) is 24.3 Å². The van der Waals surface area contributed by atoms with Crippen molar-refractivity contribution in [1.29, 1.82) is 0 Å². The quantitative estimate of drug-likeness (QED) is 0.556. The van der Waals surface area contributed by atoms with Gasteiger partial charge in [-0.15, -0.1) is 0 Å². The van der Waals surface area contributed by atoms with Crippen LogP contribution in [-0.2, 0) is 6.42 Å². The van der Waals surface area contributed by atoms with Crippen LogP contribution in [0.1, 0.15) is 25.5 Å². The van der Waals surface area contributed by atoms with Crippen molar-refractivity contribution in [3.8, 4) is 0 Å². The van der Waals surface area contributed by atoms with Gasteiger partial charge >= 0.3 is 0 Å². The van der Waals surface area contributed by atoms with E-state index in [1.165, 1.54) is 11.1 Å². The molecule has 0 nitrogen and oxygen atoms in total. The molecule has 0 heteroatoms. The van der Waals surface area contributed by atoms with Gasteiger partial charge in [0.2, 0.25) is 0 Å². The maximum Gasteiger partial charge on any atom is -0.0307 e. The molecule has 0 radical (unpaired) electrons. The number of rotatable bonds is 1. The zero-order valence-electron chi connectivity index (χ0n) is 6.02. The summed E-state index contributed by atoms with van der Waals surface area (Å²) in [6.07, 6.45) is 1.14. The summed E-state index contributed by atoms with van der Waals surface area (Å²) < 4.78 is 0. The van der Waals surface area contributed by atoms with E-state index in [2.05, 4.69) is 38.1 Å². The highest BCUT2D eigenvalue weighted by Crippen LogP contribution is 2.02. The third-order valence-electron chi connectivity index (χ3n) is 1.53. The highest BCUT2D eigenvalue weighted by molar-refractivity contribution is 5.20. The van der Waals surface area contributed by atoms with E-state index in [-0.39, 0.29) is 7.43 Å². The van der Waals surface area contributed by atoms with Crippen LogP contribution in [0.3, 0.4) is 0 Å². The van der Waals surface area contributed by atoms with Crippen molar-refractivity contribution in [2.75, 3.05) is 0 Å². The van der Waals surface area contributed by atoms with E-state index in [9.17, 15) is 0 Å². The van der Waals surface area contributed by atoms with Crippen LogP contribution in [0.4, 0.5) is 0 Å². The van der Waals surface area contributed by atoms with Crippen molar-refractivity contribution in [2.24, 2.45) is 0 Å². The van der Waals surface area contributed by atoms with Gasteiger partial charge in [0.05, 0.1) is 0 Å². The molecular formula is C10H16. The van der Waals surface area contributed by atoms with Gasteiger partial charge in [-0.2, -0.15) is 0 Å². The van der Waals surface area contributed by atoms with Gasteiger partial charge in [0, 0.05) is 0 Å². The molecule has 0 unspecified atom stereocenters. The number of hydrogen-bond acceptors (Lipinski definition) is 0. The standard InChI is InChI=1S/C9H12.CH4/c1-3-9-6-4-8(2)5-7-9;/h4-7H,3H2,1-2H3;1H4. The molecule has 10 heavy (non-hydrogen) atoms. The molecule has 0 heterocycles. The van der Waals surface area contributed by atoms with E-state index in [1.54, 1.807) is 0 Å². The van der Waals surface area contributed by atoms with Crippen molar-refractivity contribution < 1.29 is 0 Å². The first-order valence-corrected chi connectivity index (χ1v) is 3.38. The minimum atomic E-state index is 0. The average molecular weight is 136 g/mol. The molecule has 0 N–H and O–H groups in total. The molecule has 0 aliphatic rings. The molecule has 0 aliphatic carbocycles. The maximum absolute atomic E-state index is 2.18. The lowest BCUT2D eigenvalue weighted by Gasteiger charge is -1.94. The normalized spacial score (nSPS) is 8.60. The molecule has 1 aromatic rings. The summed E-state index contributed by atoms with van der Waals surface area (Å²) in [6, 6.07) is 8.66. The Labute approximate surface area is 63.9 Å². The summed E-state index contributed by atoms with van der Waals surface area (Å²) in [4.78, 5) is 0. The SMILES string of the molecule is C.CCc1ccc(C)cc1. The zero-order chi connectivity index (χ0) is 6.69. The molecule has 0 saturated carbocycles. The van der Waals surface area contributed by atoms with Crippen LogP contribution in [0.5, 0.6) is 0 Å². The second-order valence-electron chi connectivity index (χ2n) is 2.34. The topological polar surface area (TPSA) is 0 Å². The lowest BCUT2D eigenvalue weighted by molar-refractivity contribution is 1.14. The second-order valence-corrected chi connectivity index (χ2v) is 2.34. The third-order valence-corrected chi connectivity index (χ3v) is 1.53. The van der Waals surface area contributed by atoms with Crippen molar-refractivity contribution in [1.82, 2.24) is 0 Å². The summed E-state index contributed by atoms with van der Waals surface area (Å²) in [5.41, 5.74) is 2.76. The molecular weight excluding hydrogens is 120 g/mol. The fourth-order valence-electron chi connectivity index (χ4n) is 0.824. The second kappa shape index (κ2) is 4.10. The summed E-state index contributed by atoms with van der Waals surface area (Å²) in [5.74, 6) is 0. The number of aryl methyl sites for hydroxylation is 2. The van der Waals surface area contributed by atoms with Crippen LogP contribution in [-0.4, -0.2) is 0 Å². The molecule has 56 valence electrons. The Morgan fingerprint density at radius 2 is 1.60 bits per heavy atom. The van der Waals surface area contributed by atoms with Crippen LogP contribution in [0, 0.1) is 6.92 Å². The minimum Gasteiger partial charge on any atom is -0.0776 e. The Morgan fingerprint density at radius 1 is 1.10 bits per heavy atom. The first kappa shape index (κ1) is 9.22. The molecule has 0 atom stereocenters. The Hall–Kier alpha value is -0.780. The first-order chi connectivity index (χ1) is 4.33. The van der Waals surface area contributed by atoms with E-state index in [0.717, 1.165) is 6.42 Å². The largest absolute Gasteiger partial charge is 0.0776 e. The Kier molecular flexibility index (Phi) is 3.78. The van der Waals surface area contributed by atoms with Crippen molar-refractivity contribution in [3.05, 3.63) is 35.4 Å². The summed E-state index contributed by atoms with van der Waals surface area (Å²) in [6.45, 7) is 4.28. The van der Waals surface area contributed by atoms with Gasteiger partial charge in [0.1, 0.15) is 0 Å².